The molecule has 0 aliphatic carbocycles. The Bertz CT molecular complexity index is 544. The Morgan fingerprint density at radius 3 is 3.16 bits per heavy atom. The molecule has 3 rings (SSSR count). The summed E-state index contributed by atoms with van der Waals surface area (Å²) in [5, 5.41) is 3.43. The van der Waals surface area contributed by atoms with Gasteiger partial charge >= 0.3 is 0 Å². The topological polar surface area (TPSA) is 29.9 Å². The van der Waals surface area contributed by atoms with Crippen LogP contribution in [0.5, 0.6) is 0 Å². The van der Waals surface area contributed by atoms with Crippen LogP contribution in [-0.4, -0.2) is 22.6 Å². The lowest BCUT2D eigenvalue weighted by Crippen LogP contribution is -2.11. The van der Waals surface area contributed by atoms with E-state index in [9.17, 15) is 0 Å². The second kappa shape index (κ2) is 5.88. The third-order valence-electron chi connectivity index (χ3n) is 3.77. The van der Waals surface area contributed by atoms with Crippen LogP contribution in [0, 0.1) is 5.92 Å². The van der Waals surface area contributed by atoms with E-state index in [1.54, 1.807) is 0 Å². The van der Waals surface area contributed by atoms with Crippen molar-refractivity contribution in [2.75, 3.05) is 13.1 Å². The zero-order chi connectivity index (χ0) is 13.1. The predicted octanol–water partition coefficient (Wildman–Crippen LogP) is 3.31. The van der Waals surface area contributed by atoms with E-state index >= 15 is 0 Å². The Hall–Kier alpha value is -1.13. The van der Waals surface area contributed by atoms with Gasteiger partial charge in [0.15, 0.2) is 0 Å². The number of imidazole rings is 1. The molecule has 0 amide bonds. The third kappa shape index (κ3) is 3.07. The number of aryl methyl sites for hydroxylation is 1. The summed E-state index contributed by atoms with van der Waals surface area (Å²) in [7, 11) is 0. The molecule has 100 valence electrons. The van der Waals surface area contributed by atoms with Gasteiger partial charge in [-0.1, -0.05) is 28.1 Å². The summed E-state index contributed by atoms with van der Waals surface area (Å²) in [5.41, 5.74) is 2.42. The highest BCUT2D eigenvalue weighted by molar-refractivity contribution is 9.10. The summed E-state index contributed by atoms with van der Waals surface area (Å²) in [6.45, 7) is 3.39. The van der Waals surface area contributed by atoms with E-state index in [0.29, 0.717) is 0 Å². The zero-order valence-electron chi connectivity index (χ0n) is 10.8. The van der Waals surface area contributed by atoms with Crippen molar-refractivity contribution >= 4 is 15.9 Å². The SMILES string of the molecule is Brc1cccc(-c2cncn2CCC2CCNC2)c1. The summed E-state index contributed by atoms with van der Waals surface area (Å²) >= 11 is 3.53. The molecule has 0 saturated carbocycles. The van der Waals surface area contributed by atoms with E-state index < -0.39 is 0 Å². The van der Waals surface area contributed by atoms with Crippen LogP contribution in [0.4, 0.5) is 0 Å². The van der Waals surface area contributed by atoms with Crippen molar-refractivity contribution < 1.29 is 0 Å². The monoisotopic (exact) mass is 319 g/mol. The smallest absolute Gasteiger partial charge is 0.0950 e. The molecule has 1 fully saturated rings. The fourth-order valence-electron chi connectivity index (χ4n) is 2.67. The molecule has 4 heteroatoms. The average Bonchev–Trinajstić information content (AvgIpc) is 3.08. The van der Waals surface area contributed by atoms with Crippen molar-refractivity contribution in [2.45, 2.75) is 19.4 Å². The summed E-state index contributed by atoms with van der Waals surface area (Å²) < 4.78 is 3.37. The first-order valence-corrected chi connectivity index (χ1v) is 7.59. The van der Waals surface area contributed by atoms with Crippen molar-refractivity contribution in [3.63, 3.8) is 0 Å². The standard InChI is InChI=1S/C15H18BrN3/c16-14-3-1-2-13(8-14)15-10-18-11-19(15)7-5-12-4-6-17-9-12/h1-3,8,10-12,17H,4-7,9H2. The Kier molecular flexibility index (Phi) is 3.99. The second-order valence-electron chi connectivity index (χ2n) is 5.13. The second-order valence-corrected chi connectivity index (χ2v) is 6.05. The van der Waals surface area contributed by atoms with Crippen LogP contribution < -0.4 is 5.32 Å². The van der Waals surface area contributed by atoms with Gasteiger partial charge in [-0.2, -0.15) is 0 Å². The Labute approximate surface area is 122 Å². The number of halogens is 1. The minimum Gasteiger partial charge on any atom is -0.331 e. The van der Waals surface area contributed by atoms with Crippen LogP contribution in [-0.2, 0) is 6.54 Å². The molecule has 0 radical (unpaired) electrons. The van der Waals surface area contributed by atoms with Crippen molar-refractivity contribution in [1.82, 2.24) is 14.9 Å². The molecule has 19 heavy (non-hydrogen) atoms. The van der Waals surface area contributed by atoms with Gasteiger partial charge in [-0.25, -0.2) is 4.98 Å². The van der Waals surface area contributed by atoms with E-state index in [1.165, 1.54) is 37.2 Å². The molecule has 1 unspecified atom stereocenters. The predicted molar refractivity (Wildman–Crippen MR) is 81.0 cm³/mol. The van der Waals surface area contributed by atoms with Gasteiger partial charge in [0.1, 0.15) is 0 Å². The number of hydrogen-bond acceptors (Lipinski definition) is 2. The number of hydrogen-bond donors (Lipinski definition) is 1. The molecule has 2 heterocycles. The minimum atomic E-state index is 0.817. The van der Waals surface area contributed by atoms with Gasteiger partial charge in [0, 0.05) is 16.6 Å². The number of benzene rings is 1. The van der Waals surface area contributed by atoms with Crippen LogP contribution >= 0.6 is 15.9 Å². The van der Waals surface area contributed by atoms with Crippen LogP contribution in [0.3, 0.4) is 0 Å². The highest BCUT2D eigenvalue weighted by Gasteiger charge is 2.15. The Balaban J connectivity index is 1.74. The maximum absolute atomic E-state index is 4.31. The van der Waals surface area contributed by atoms with Crippen LogP contribution in [0.2, 0.25) is 0 Å². The van der Waals surface area contributed by atoms with Crippen molar-refractivity contribution in [3.05, 3.63) is 41.3 Å². The quantitative estimate of drug-likeness (QED) is 0.937. The first kappa shape index (κ1) is 12.9. The molecule has 1 saturated heterocycles. The van der Waals surface area contributed by atoms with Crippen molar-refractivity contribution in [1.29, 1.82) is 0 Å². The number of nitrogens with zero attached hydrogens (tertiary/aromatic N) is 2. The molecule has 3 nitrogen and oxygen atoms in total. The van der Waals surface area contributed by atoms with E-state index in [1.807, 2.05) is 12.5 Å². The van der Waals surface area contributed by atoms with Crippen LogP contribution in [0.25, 0.3) is 11.3 Å². The molecular formula is C15H18BrN3. The first-order chi connectivity index (χ1) is 9.33. The third-order valence-corrected chi connectivity index (χ3v) is 4.27. The van der Waals surface area contributed by atoms with Crippen molar-refractivity contribution in [2.24, 2.45) is 5.92 Å². The lowest BCUT2D eigenvalue weighted by molar-refractivity contribution is 0.481. The summed E-state index contributed by atoms with van der Waals surface area (Å²) in [6.07, 6.45) is 6.43. The molecule has 2 aromatic rings. The normalized spacial score (nSPS) is 18.9. The van der Waals surface area contributed by atoms with Gasteiger partial charge in [0.2, 0.25) is 0 Å². The van der Waals surface area contributed by atoms with E-state index in [-0.39, 0.29) is 0 Å². The number of rotatable bonds is 4. The summed E-state index contributed by atoms with van der Waals surface area (Å²) in [4.78, 5) is 4.31. The maximum Gasteiger partial charge on any atom is 0.0950 e. The van der Waals surface area contributed by atoms with E-state index in [4.69, 9.17) is 0 Å². The van der Waals surface area contributed by atoms with Crippen molar-refractivity contribution in [3.8, 4) is 11.3 Å². The Morgan fingerprint density at radius 2 is 2.37 bits per heavy atom. The maximum atomic E-state index is 4.31. The Morgan fingerprint density at radius 1 is 1.42 bits per heavy atom. The van der Waals surface area contributed by atoms with E-state index in [0.717, 1.165) is 16.9 Å². The summed E-state index contributed by atoms with van der Waals surface area (Å²) in [5.74, 6) is 0.817. The largest absolute Gasteiger partial charge is 0.331 e. The van der Waals surface area contributed by atoms with E-state index in [2.05, 4.69) is 55.1 Å². The molecule has 1 aliphatic rings. The highest BCUT2D eigenvalue weighted by Crippen LogP contribution is 2.23. The fourth-order valence-corrected chi connectivity index (χ4v) is 3.07. The van der Waals surface area contributed by atoms with Gasteiger partial charge in [-0.15, -0.1) is 0 Å². The fraction of sp³-hybridized carbons (Fsp3) is 0.400. The minimum absolute atomic E-state index is 0.817. The van der Waals surface area contributed by atoms with Crippen LogP contribution in [0.15, 0.2) is 41.3 Å². The molecule has 1 aliphatic heterocycles. The van der Waals surface area contributed by atoms with Gasteiger partial charge in [0.25, 0.3) is 0 Å². The van der Waals surface area contributed by atoms with Gasteiger partial charge in [-0.05, 0) is 44.0 Å². The molecule has 1 aromatic heterocycles. The zero-order valence-corrected chi connectivity index (χ0v) is 12.4. The molecular weight excluding hydrogens is 302 g/mol. The first-order valence-electron chi connectivity index (χ1n) is 6.80. The molecule has 0 spiro atoms. The lowest BCUT2D eigenvalue weighted by atomic mass is 10.1. The van der Waals surface area contributed by atoms with Gasteiger partial charge in [0.05, 0.1) is 18.2 Å². The average molecular weight is 320 g/mol. The van der Waals surface area contributed by atoms with Gasteiger partial charge in [-0.3, -0.25) is 0 Å². The molecule has 1 N–H and O–H groups in total. The molecule has 0 bridgehead atoms. The number of nitrogens with one attached hydrogen (secondary N) is 1. The molecule has 1 aromatic carbocycles. The number of aromatic nitrogens is 2. The van der Waals surface area contributed by atoms with Crippen LogP contribution in [0.1, 0.15) is 12.8 Å². The highest BCUT2D eigenvalue weighted by atomic mass is 79.9. The molecule has 1 atom stereocenters. The lowest BCUT2D eigenvalue weighted by Gasteiger charge is -2.11. The van der Waals surface area contributed by atoms with Gasteiger partial charge < -0.3 is 9.88 Å². The summed E-state index contributed by atoms with van der Waals surface area (Å²) in [6, 6.07) is 8.39.